The Balaban J connectivity index is 2.00. The van der Waals surface area contributed by atoms with Crippen LogP contribution in [0.5, 0.6) is 0 Å². The van der Waals surface area contributed by atoms with Gasteiger partial charge in [-0.25, -0.2) is 9.97 Å². The van der Waals surface area contributed by atoms with E-state index in [9.17, 15) is 0 Å². The van der Waals surface area contributed by atoms with Crippen LogP contribution in [0.2, 0.25) is 0 Å². The molecule has 5 heteroatoms. The maximum atomic E-state index is 5.73. The smallest absolute Gasteiger partial charge is 0.134 e. The molecule has 0 spiro atoms. The second-order valence-electron chi connectivity index (χ2n) is 4.80. The van der Waals surface area contributed by atoms with Gasteiger partial charge in [0.1, 0.15) is 18.0 Å². The van der Waals surface area contributed by atoms with Gasteiger partial charge in [-0.2, -0.15) is 0 Å². The summed E-state index contributed by atoms with van der Waals surface area (Å²) in [5, 5.41) is 6.70. The van der Waals surface area contributed by atoms with Crippen molar-refractivity contribution in [1.82, 2.24) is 9.97 Å². The average molecular weight is 264 g/mol. The number of rotatable bonds is 6. The lowest BCUT2D eigenvalue weighted by molar-refractivity contribution is 0.0247. The summed E-state index contributed by atoms with van der Waals surface area (Å²) >= 11 is 0. The largest absolute Gasteiger partial charge is 0.376 e. The Kier molecular flexibility index (Phi) is 5.39. The van der Waals surface area contributed by atoms with Crippen LogP contribution in [0.4, 0.5) is 11.6 Å². The van der Waals surface area contributed by atoms with Gasteiger partial charge in [0.25, 0.3) is 0 Å². The predicted molar refractivity (Wildman–Crippen MR) is 77.7 cm³/mol. The van der Waals surface area contributed by atoms with Crippen molar-refractivity contribution in [2.45, 2.75) is 45.6 Å². The number of hydrogen-bond donors (Lipinski definition) is 2. The Bertz CT molecular complexity index is 391. The highest BCUT2D eigenvalue weighted by Crippen LogP contribution is 2.21. The van der Waals surface area contributed by atoms with E-state index < -0.39 is 0 Å². The highest BCUT2D eigenvalue weighted by molar-refractivity contribution is 5.57. The molecule has 1 saturated heterocycles. The molecule has 0 bridgehead atoms. The van der Waals surface area contributed by atoms with Gasteiger partial charge in [-0.05, 0) is 32.6 Å². The summed E-state index contributed by atoms with van der Waals surface area (Å²) in [5.74, 6) is 1.87. The fourth-order valence-electron chi connectivity index (χ4n) is 2.40. The number of anilines is 2. The van der Waals surface area contributed by atoms with Crippen LogP contribution in [0.15, 0.2) is 6.33 Å². The SMILES string of the molecule is CCNc1ncnc(NCC2CCCCO2)c1CC. The van der Waals surface area contributed by atoms with E-state index in [-0.39, 0.29) is 0 Å². The van der Waals surface area contributed by atoms with Crippen molar-refractivity contribution in [2.75, 3.05) is 30.3 Å². The van der Waals surface area contributed by atoms with E-state index >= 15 is 0 Å². The van der Waals surface area contributed by atoms with Crippen molar-refractivity contribution in [2.24, 2.45) is 0 Å². The van der Waals surface area contributed by atoms with Gasteiger partial charge < -0.3 is 15.4 Å². The fourth-order valence-corrected chi connectivity index (χ4v) is 2.40. The zero-order valence-corrected chi connectivity index (χ0v) is 11.9. The van der Waals surface area contributed by atoms with Crippen molar-refractivity contribution in [3.63, 3.8) is 0 Å². The molecule has 1 aliphatic rings. The van der Waals surface area contributed by atoms with Gasteiger partial charge in [0.05, 0.1) is 6.10 Å². The van der Waals surface area contributed by atoms with Crippen molar-refractivity contribution in [3.8, 4) is 0 Å². The summed E-state index contributed by atoms with van der Waals surface area (Å²) in [6.07, 6.45) is 6.43. The molecule has 1 fully saturated rings. The van der Waals surface area contributed by atoms with Gasteiger partial charge in [0, 0.05) is 25.3 Å². The predicted octanol–water partition coefficient (Wildman–Crippen LogP) is 2.45. The summed E-state index contributed by atoms with van der Waals surface area (Å²) in [6, 6.07) is 0. The standard InChI is InChI=1S/C14H24N4O/c1-3-12-13(15-4-2)17-10-18-14(12)16-9-11-7-5-6-8-19-11/h10-11H,3-9H2,1-2H3,(H2,15,16,17,18). The lowest BCUT2D eigenvalue weighted by Crippen LogP contribution is -2.27. The summed E-state index contributed by atoms with van der Waals surface area (Å²) in [5.41, 5.74) is 1.15. The zero-order chi connectivity index (χ0) is 13.5. The van der Waals surface area contributed by atoms with E-state index in [0.717, 1.165) is 49.7 Å². The minimum Gasteiger partial charge on any atom is -0.376 e. The average Bonchev–Trinajstić information content (AvgIpc) is 2.46. The van der Waals surface area contributed by atoms with Gasteiger partial charge >= 0.3 is 0 Å². The molecule has 5 nitrogen and oxygen atoms in total. The van der Waals surface area contributed by atoms with Crippen molar-refractivity contribution in [1.29, 1.82) is 0 Å². The molecule has 2 heterocycles. The molecule has 0 aliphatic carbocycles. The number of nitrogens with one attached hydrogen (secondary N) is 2. The minimum absolute atomic E-state index is 0.316. The lowest BCUT2D eigenvalue weighted by Gasteiger charge is -2.23. The Hall–Kier alpha value is -1.36. The van der Waals surface area contributed by atoms with Crippen LogP contribution in [0.1, 0.15) is 38.7 Å². The highest BCUT2D eigenvalue weighted by atomic mass is 16.5. The van der Waals surface area contributed by atoms with Crippen LogP contribution in [-0.4, -0.2) is 35.8 Å². The summed E-state index contributed by atoms with van der Waals surface area (Å²) in [7, 11) is 0. The first-order chi connectivity index (χ1) is 9.35. The Morgan fingerprint density at radius 2 is 2.00 bits per heavy atom. The minimum atomic E-state index is 0.316. The van der Waals surface area contributed by atoms with E-state index in [1.54, 1.807) is 6.33 Å². The van der Waals surface area contributed by atoms with E-state index in [0.29, 0.717) is 6.10 Å². The van der Waals surface area contributed by atoms with Crippen LogP contribution in [0.25, 0.3) is 0 Å². The Morgan fingerprint density at radius 3 is 2.63 bits per heavy atom. The van der Waals surface area contributed by atoms with E-state index in [4.69, 9.17) is 4.74 Å². The number of ether oxygens (including phenoxy) is 1. The molecular weight excluding hydrogens is 240 g/mol. The van der Waals surface area contributed by atoms with Crippen LogP contribution < -0.4 is 10.6 Å². The molecule has 1 aromatic heterocycles. The summed E-state index contributed by atoms with van der Waals surface area (Å²) in [4.78, 5) is 8.66. The van der Waals surface area contributed by atoms with E-state index in [1.165, 1.54) is 12.8 Å². The number of nitrogens with zero attached hydrogens (tertiary/aromatic N) is 2. The third-order valence-corrected chi connectivity index (χ3v) is 3.41. The summed E-state index contributed by atoms with van der Waals surface area (Å²) in [6.45, 7) is 6.79. The molecule has 0 amide bonds. The Morgan fingerprint density at radius 1 is 1.21 bits per heavy atom. The maximum Gasteiger partial charge on any atom is 0.134 e. The summed E-state index contributed by atoms with van der Waals surface area (Å²) < 4.78 is 5.73. The molecule has 1 aromatic rings. The maximum absolute atomic E-state index is 5.73. The van der Waals surface area contributed by atoms with Crippen molar-refractivity contribution in [3.05, 3.63) is 11.9 Å². The molecule has 19 heavy (non-hydrogen) atoms. The third kappa shape index (κ3) is 3.80. The lowest BCUT2D eigenvalue weighted by atomic mass is 10.1. The molecular formula is C14H24N4O. The molecule has 1 unspecified atom stereocenters. The molecule has 0 aromatic carbocycles. The second kappa shape index (κ2) is 7.28. The van der Waals surface area contributed by atoms with Crippen LogP contribution in [-0.2, 0) is 11.2 Å². The van der Waals surface area contributed by atoms with Gasteiger partial charge in [-0.15, -0.1) is 0 Å². The highest BCUT2D eigenvalue weighted by Gasteiger charge is 2.15. The quantitative estimate of drug-likeness (QED) is 0.826. The van der Waals surface area contributed by atoms with Crippen LogP contribution >= 0.6 is 0 Å². The van der Waals surface area contributed by atoms with E-state index in [1.807, 2.05) is 0 Å². The fraction of sp³-hybridized carbons (Fsp3) is 0.714. The van der Waals surface area contributed by atoms with Gasteiger partial charge in [0.15, 0.2) is 0 Å². The van der Waals surface area contributed by atoms with Crippen molar-refractivity contribution < 1.29 is 4.74 Å². The second-order valence-corrected chi connectivity index (χ2v) is 4.80. The van der Waals surface area contributed by atoms with Gasteiger partial charge in [-0.1, -0.05) is 6.92 Å². The Labute approximate surface area is 115 Å². The molecule has 0 saturated carbocycles. The van der Waals surface area contributed by atoms with Crippen LogP contribution in [0, 0.1) is 0 Å². The van der Waals surface area contributed by atoms with Gasteiger partial charge in [0.2, 0.25) is 0 Å². The molecule has 0 radical (unpaired) electrons. The zero-order valence-electron chi connectivity index (χ0n) is 11.9. The first-order valence-corrected chi connectivity index (χ1v) is 7.28. The van der Waals surface area contributed by atoms with Crippen LogP contribution in [0.3, 0.4) is 0 Å². The number of aromatic nitrogens is 2. The van der Waals surface area contributed by atoms with E-state index in [2.05, 4.69) is 34.4 Å². The molecule has 2 N–H and O–H groups in total. The molecule has 1 atom stereocenters. The topological polar surface area (TPSA) is 59.1 Å². The first kappa shape index (κ1) is 14.1. The van der Waals surface area contributed by atoms with Crippen molar-refractivity contribution >= 4 is 11.6 Å². The third-order valence-electron chi connectivity index (χ3n) is 3.41. The molecule has 2 rings (SSSR count). The molecule has 106 valence electrons. The number of hydrogen-bond acceptors (Lipinski definition) is 5. The normalized spacial score (nSPS) is 19.2. The van der Waals surface area contributed by atoms with Gasteiger partial charge in [-0.3, -0.25) is 0 Å². The monoisotopic (exact) mass is 264 g/mol. The first-order valence-electron chi connectivity index (χ1n) is 7.28. The molecule has 1 aliphatic heterocycles.